The molecule has 1 N–H and O–H groups in total. The molecule has 0 saturated carbocycles. The minimum atomic E-state index is -0.146. The van der Waals surface area contributed by atoms with Crippen LogP contribution in [0.3, 0.4) is 0 Å². The van der Waals surface area contributed by atoms with E-state index in [4.69, 9.17) is 11.6 Å². The van der Waals surface area contributed by atoms with Gasteiger partial charge in [-0.05, 0) is 48.9 Å². The van der Waals surface area contributed by atoms with E-state index in [0.717, 1.165) is 26.4 Å². The number of carbonyl (C=O) groups excluding carboxylic acids is 1. The summed E-state index contributed by atoms with van der Waals surface area (Å²) < 4.78 is 1.12. The summed E-state index contributed by atoms with van der Waals surface area (Å²) >= 11 is 8.07. The van der Waals surface area contributed by atoms with E-state index in [-0.39, 0.29) is 5.91 Å². The summed E-state index contributed by atoms with van der Waals surface area (Å²) in [4.78, 5) is 17.1. The molecule has 4 rings (SSSR count). The Hall–Kier alpha value is -2.69. The second-order valence-corrected chi connectivity index (χ2v) is 7.39. The zero-order valence-electron chi connectivity index (χ0n) is 14.0. The lowest BCUT2D eigenvalue weighted by atomic mass is 10.1. The van der Waals surface area contributed by atoms with Crippen LogP contribution in [-0.4, -0.2) is 10.9 Å². The first kappa shape index (κ1) is 16.8. The fourth-order valence-corrected chi connectivity index (χ4v) is 4.11. The van der Waals surface area contributed by atoms with Crippen molar-refractivity contribution in [1.29, 1.82) is 0 Å². The minimum Gasteiger partial charge on any atom is -0.322 e. The average molecular weight is 379 g/mol. The first-order chi connectivity index (χ1) is 12.6. The first-order valence-corrected chi connectivity index (χ1v) is 9.34. The summed E-state index contributed by atoms with van der Waals surface area (Å²) in [5.41, 5.74) is 4.07. The Balaban J connectivity index is 1.62. The van der Waals surface area contributed by atoms with Crippen LogP contribution in [-0.2, 0) is 0 Å². The molecule has 4 aromatic rings. The second-order valence-electron chi connectivity index (χ2n) is 5.95. The molecule has 0 fully saturated rings. The highest BCUT2D eigenvalue weighted by Gasteiger charge is 2.12. The van der Waals surface area contributed by atoms with Gasteiger partial charge < -0.3 is 5.32 Å². The van der Waals surface area contributed by atoms with Gasteiger partial charge in [0.2, 0.25) is 0 Å². The van der Waals surface area contributed by atoms with Crippen LogP contribution in [0.2, 0.25) is 5.02 Å². The minimum absolute atomic E-state index is 0.146. The highest BCUT2D eigenvalue weighted by Crippen LogP contribution is 2.35. The van der Waals surface area contributed by atoms with Crippen LogP contribution in [0.25, 0.3) is 20.8 Å². The maximum Gasteiger partial charge on any atom is 0.255 e. The summed E-state index contributed by atoms with van der Waals surface area (Å²) in [5.74, 6) is -0.146. The molecule has 0 bridgehead atoms. The zero-order valence-corrected chi connectivity index (χ0v) is 15.6. The van der Waals surface area contributed by atoms with Crippen molar-refractivity contribution in [2.75, 3.05) is 5.32 Å². The molecule has 1 heterocycles. The Labute approximate surface area is 160 Å². The van der Waals surface area contributed by atoms with Gasteiger partial charge in [0.1, 0.15) is 5.01 Å². The second kappa shape index (κ2) is 6.90. The Morgan fingerprint density at radius 1 is 1.04 bits per heavy atom. The van der Waals surface area contributed by atoms with Crippen molar-refractivity contribution < 1.29 is 4.79 Å². The molecule has 128 valence electrons. The smallest absolute Gasteiger partial charge is 0.255 e. The van der Waals surface area contributed by atoms with Crippen molar-refractivity contribution in [3.8, 4) is 10.6 Å². The number of hydrogen-bond acceptors (Lipinski definition) is 3. The zero-order chi connectivity index (χ0) is 18.1. The van der Waals surface area contributed by atoms with Crippen LogP contribution in [0.4, 0.5) is 5.69 Å². The predicted octanol–water partition coefficient (Wildman–Crippen LogP) is 6.18. The Bertz CT molecular complexity index is 1090. The van der Waals surface area contributed by atoms with Gasteiger partial charge in [0.25, 0.3) is 5.91 Å². The lowest BCUT2D eigenvalue weighted by Crippen LogP contribution is -2.13. The van der Waals surface area contributed by atoms with E-state index in [0.29, 0.717) is 16.3 Å². The van der Waals surface area contributed by atoms with Crippen LogP contribution >= 0.6 is 22.9 Å². The molecule has 1 aromatic heterocycles. The van der Waals surface area contributed by atoms with Crippen molar-refractivity contribution in [3.63, 3.8) is 0 Å². The van der Waals surface area contributed by atoms with Gasteiger partial charge in [-0.15, -0.1) is 11.3 Å². The molecule has 26 heavy (non-hydrogen) atoms. The number of halogens is 1. The molecule has 0 aliphatic rings. The topological polar surface area (TPSA) is 42.0 Å². The number of benzene rings is 3. The molecule has 3 aromatic carbocycles. The molecule has 0 spiro atoms. The van der Waals surface area contributed by atoms with Gasteiger partial charge >= 0.3 is 0 Å². The Kier molecular flexibility index (Phi) is 4.45. The van der Waals surface area contributed by atoms with Gasteiger partial charge in [-0.25, -0.2) is 4.98 Å². The van der Waals surface area contributed by atoms with Crippen molar-refractivity contribution in [2.24, 2.45) is 0 Å². The molecular weight excluding hydrogens is 364 g/mol. The number of fused-ring (bicyclic) bond motifs is 1. The normalized spacial score (nSPS) is 10.8. The molecule has 1 amide bonds. The number of nitrogens with one attached hydrogen (secondary N) is 1. The molecule has 0 atom stereocenters. The number of aryl methyl sites for hydroxylation is 1. The predicted molar refractivity (Wildman–Crippen MR) is 109 cm³/mol. The number of para-hydroxylation sites is 1. The van der Waals surface area contributed by atoms with Crippen molar-refractivity contribution in [3.05, 3.63) is 82.9 Å². The number of aromatic nitrogens is 1. The largest absolute Gasteiger partial charge is 0.322 e. The number of hydrogen-bond donors (Lipinski definition) is 1. The summed E-state index contributed by atoms with van der Waals surface area (Å²) in [5, 5.41) is 4.33. The third-order valence-corrected chi connectivity index (χ3v) is 5.52. The molecule has 5 heteroatoms. The quantitative estimate of drug-likeness (QED) is 0.462. The fraction of sp³-hybridized carbons (Fsp3) is 0.0476. The summed E-state index contributed by atoms with van der Waals surface area (Å²) in [7, 11) is 0. The molecule has 0 radical (unpaired) electrons. The number of rotatable bonds is 3. The van der Waals surface area contributed by atoms with Gasteiger partial charge in [0, 0.05) is 16.8 Å². The number of anilines is 1. The molecule has 0 unspecified atom stereocenters. The maximum atomic E-state index is 12.5. The third kappa shape index (κ3) is 3.21. The van der Waals surface area contributed by atoms with Crippen molar-refractivity contribution in [2.45, 2.75) is 6.92 Å². The van der Waals surface area contributed by atoms with E-state index in [2.05, 4.69) is 10.3 Å². The summed E-state index contributed by atoms with van der Waals surface area (Å²) in [6.45, 7) is 1.91. The molecule has 0 aliphatic heterocycles. The van der Waals surface area contributed by atoms with Crippen molar-refractivity contribution in [1.82, 2.24) is 4.98 Å². The first-order valence-electron chi connectivity index (χ1n) is 8.14. The average Bonchev–Trinajstić information content (AvgIpc) is 3.06. The lowest BCUT2D eigenvalue weighted by Gasteiger charge is -2.09. The van der Waals surface area contributed by atoms with Gasteiger partial charge in [0.15, 0.2) is 0 Å². The van der Waals surface area contributed by atoms with Crippen LogP contribution in [0, 0.1) is 6.92 Å². The van der Waals surface area contributed by atoms with Gasteiger partial charge in [0.05, 0.1) is 15.2 Å². The Morgan fingerprint density at radius 2 is 1.81 bits per heavy atom. The number of carbonyl (C=O) groups is 1. The standard InChI is InChI=1S/C21H15ClN2OS/c1-13-6-2-3-7-15(13)20(25)23-14-10-11-16(17(22)12-14)21-24-18-8-4-5-9-19(18)26-21/h2-12H,1H3,(H,23,25). The maximum absolute atomic E-state index is 12.5. The van der Waals surface area contributed by atoms with Crippen LogP contribution < -0.4 is 5.32 Å². The van der Waals surface area contributed by atoms with Crippen LogP contribution in [0.1, 0.15) is 15.9 Å². The van der Waals surface area contributed by atoms with E-state index in [9.17, 15) is 4.79 Å². The molecular formula is C21H15ClN2OS. The number of thiazole rings is 1. The number of nitrogens with zero attached hydrogens (tertiary/aromatic N) is 1. The molecule has 3 nitrogen and oxygen atoms in total. The Morgan fingerprint density at radius 3 is 2.58 bits per heavy atom. The number of amides is 1. The SMILES string of the molecule is Cc1ccccc1C(=O)Nc1ccc(-c2nc3ccccc3s2)c(Cl)c1. The third-order valence-electron chi connectivity index (χ3n) is 4.14. The van der Waals surface area contributed by atoms with Crippen molar-refractivity contribution >= 4 is 44.7 Å². The van der Waals surface area contributed by atoms with Crippen LogP contribution in [0.5, 0.6) is 0 Å². The highest BCUT2D eigenvalue weighted by atomic mass is 35.5. The van der Waals surface area contributed by atoms with E-state index < -0.39 is 0 Å². The summed E-state index contributed by atoms with van der Waals surface area (Å²) in [6.07, 6.45) is 0. The van der Waals surface area contributed by atoms with E-state index in [1.165, 1.54) is 0 Å². The van der Waals surface area contributed by atoms with E-state index in [1.807, 2.05) is 67.6 Å². The van der Waals surface area contributed by atoms with E-state index in [1.54, 1.807) is 17.4 Å². The summed E-state index contributed by atoms with van der Waals surface area (Å²) in [6, 6.07) is 21.0. The molecule has 0 aliphatic carbocycles. The van der Waals surface area contributed by atoms with Gasteiger partial charge in [-0.1, -0.05) is 41.9 Å². The van der Waals surface area contributed by atoms with Gasteiger partial charge in [-0.3, -0.25) is 4.79 Å². The highest BCUT2D eigenvalue weighted by molar-refractivity contribution is 7.21. The molecule has 0 saturated heterocycles. The van der Waals surface area contributed by atoms with Crippen LogP contribution in [0.15, 0.2) is 66.7 Å². The lowest BCUT2D eigenvalue weighted by molar-refractivity contribution is 0.102. The monoisotopic (exact) mass is 378 g/mol. The van der Waals surface area contributed by atoms with Gasteiger partial charge in [-0.2, -0.15) is 0 Å². The fourth-order valence-electron chi connectivity index (χ4n) is 2.78. The van der Waals surface area contributed by atoms with E-state index >= 15 is 0 Å².